The lowest BCUT2D eigenvalue weighted by Crippen LogP contribution is -2.34. The van der Waals surface area contributed by atoms with Gasteiger partial charge in [0.25, 0.3) is 0 Å². The molecule has 0 radical (unpaired) electrons. The van der Waals surface area contributed by atoms with Crippen molar-refractivity contribution < 1.29 is 9.59 Å². The van der Waals surface area contributed by atoms with E-state index in [1.165, 1.54) is 0 Å². The number of anilines is 2. The van der Waals surface area contributed by atoms with Crippen LogP contribution < -0.4 is 16.4 Å². The molecule has 4 N–H and O–H groups in total. The molecule has 0 fully saturated rings. The van der Waals surface area contributed by atoms with E-state index in [0.29, 0.717) is 5.69 Å². The Hall–Kier alpha value is -2.82. The second-order valence-corrected chi connectivity index (χ2v) is 6.02. The Labute approximate surface area is 142 Å². The van der Waals surface area contributed by atoms with Crippen LogP contribution in [0.25, 0.3) is 0 Å². The highest BCUT2D eigenvalue weighted by Crippen LogP contribution is 2.21. The molecule has 0 unspecified atom stereocenters. The molecule has 2 aromatic carbocycles. The van der Waals surface area contributed by atoms with Crippen LogP contribution in [0.4, 0.5) is 11.4 Å². The van der Waals surface area contributed by atoms with E-state index in [9.17, 15) is 9.59 Å². The Morgan fingerprint density at radius 1 is 0.958 bits per heavy atom. The molecule has 2 rings (SSSR count). The number of benzene rings is 2. The first kappa shape index (κ1) is 17.5. The molecule has 2 aromatic rings. The summed E-state index contributed by atoms with van der Waals surface area (Å²) < 4.78 is 0. The van der Waals surface area contributed by atoms with Crippen LogP contribution in [0.1, 0.15) is 22.3 Å². The van der Waals surface area contributed by atoms with Crippen LogP contribution in [-0.2, 0) is 16.0 Å². The first-order chi connectivity index (χ1) is 11.3. The summed E-state index contributed by atoms with van der Waals surface area (Å²) in [6.45, 7) is 5.87. The number of nitrogens with two attached hydrogens (primary N) is 1. The highest BCUT2D eigenvalue weighted by Gasteiger charge is 2.10. The smallest absolute Gasteiger partial charge is 0.243 e. The summed E-state index contributed by atoms with van der Waals surface area (Å²) >= 11 is 0. The van der Waals surface area contributed by atoms with Gasteiger partial charge >= 0.3 is 0 Å². The maximum Gasteiger partial charge on any atom is 0.243 e. The van der Waals surface area contributed by atoms with Gasteiger partial charge in [0.1, 0.15) is 0 Å². The number of aryl methyl sites for hydroxylation is 3. The minimum Gasteiger partial charge on any atom is -0.399 e. The molecule has 0 aliphatic rings. The minimum absolute atomic E-state index is 0.0550. The number of carbonyl (C=O) groups excluding carboxylic acids is 2. The number of rotatable bonds is 5. The third-order valence-corrected chi connectivity index (χ3v) is 3.73. The molecule has 126 valence electrons. The monoisotopic (exact) mass is 325 g/mol. The molecular weight excluding hydrogens is 302 g/mol. The van der Waals surface area contributed by atoms with Crippen LogP contribution in [0.5, 0.6) is 0 Å². The van der Waals surface area contributed by atoms with Gasteiger partial charge in [-0.15, -0.1) is 0 Å². The number of hydrogen-bond donors (Lipinski definition) is 3. The summed E-state index contributed by atoms with van der Waals surface area (Å²) in [5.74, 6) is -0.442. The van der Waals surface area contributed by atoms with E-state index in [1.807, 2.05) is 32.9 Å². The molecule has 0 saturated heterocycles. The summed E-state index contributed by atoms with van der Waals surface area (Å²) in [6.07, 6.45) is 0.218. The van der Waals surface area contributed by atoms with Crippen molar-refractivity contribution in [1.82, 2.24) is 5.32 Å². The second-order valence-electron chi connectivity index (χ2n) is 6.02. The number of carbonyl (C=O) groups is 2. The molecular formula is C19H23N3O2. The molecule has 5 nitrogen and oxygen atoms in total. The average molecular weight is 325 g/mol. The maximum absolute atomic E-state index is 12.1. The van der Waals surface area contributed by atoms with Crippen molar-refractivity contribution >= 4 is 23.2 Å². The third kappa shape index (κ3) is 4.84. The summed E-state index contributed by atoms with van der Waals surface area (Å²) in [5.41, 5.74) is 11.1. The summed E-state index contributed by atoms with van der Waals surface area (Å²) in [5, 5.41) is 5.50. The molecule has 0 saturated carbocycles. The fraction of sp³-hybridized carbons (Fsp3) is 0.263. The first-order valence-electron chi connectivity index (χ1n) is 7.84. The zero-order valence-corrected chi connectivity index (χ0v) is 14.3. The summed E-state index contributed by atoms with van der Waals surface area (Å²) in [6, 6.07) is 11.1. The third-order valence-electron chi connectivity index (χ3n) is 3.73. The molecule has 0 aromatic heterocycles. The van der Waals surface area contributed by atoms with E-state index in [1.54, 1.807) is 24.3 Å². The van der Waals surface area contributed by atoms with Gasteiger partial charge in [-0.25, -0.2) is 0 Å². The van der Waals surface area contributed by atoms with Crippen molar-refractivity contribution in [2.24, 2.45) is 0 Å². The van der Waals surface area contributed by atoms with Crippen LogP contribution in [0.3, 0.4) is 0 Å². The van der Waals surface area contributed by atoms with E-state index in [2.05, 4.69) is 10.6 Å². The Bertz CT molecular complexity index is 729. The molecule has 0 bridgehead atoms. The number of amides is 2. The lowest BCUT2D eigenvalue weighted by Gasteiger charge is -2.13. The van der Waals surface area contributed by atoms with Gasteiger partial charge in [-0.05, 0) is 49.6 Å². The van der Waals surface area contributed by atoms with E-state index < -0.39 is 0 Å². The predicted octanol–water partition coefficient (Wildman–Crippen LogP) is 2.49. The molecule has 0 spiro atoms. The Balaban J connectivity index is 1.87. The molecule has 2 amide bonds. The van der Waals surface area contributed by atoms with Gasteiger partial charge in [0.15, 0.2) is 0 Å². The summed E-state index contributed by atoms with van der Waals surface area (Å²) in [4.78, 5) is 24.0. The topological polar surface area (TPSA) is 84.2 Å². The second kappa shape index (κ2) is 7.64. The molecule has 24 heavy (non-hydrogen) atoms. The molecule has 0 aliphatic heterocycles. The lowest BCUT2D eigenvalue weighted by atomic mass is 10.1. The quantitative estimate of drug-likeness (QED) is 0.738. The highest BCUT2D eigenvalue weighted by atomic mass is 16.2. The van der Waals surface area contributed by atoms with Crippen molar-refractivity contribution in [3.05, 3.63) is 58.7 Å². The standard InChI is InChI=1S/C19H23N3O2/c1-12-8-13(2)19(14(3)9-12)22-18(24)11-21-17(23)10-15-4-6-16(20)7-5-15/h4-9H,10-11,20H2,1-3H3,(H,21,23)(H,22,24). The number of nitrogens with one attached hydrogen (secondary N) is 2. The average Bonchev–Trinajstić information content (AvgIpc) is 2.51. The Kier molecular flexibility index (Phi) is 5.58. The zero-order chi connectivity index (χ0) is 17.7. The van der Waals surface area contributed by atoms with E-state index in [-0.39, 0.29) is 24.8 Å². The number of nitrogen functional groups attached to an aromatic ring is 1. The van der Waals surface area contributed by atoms with Crippen molar-refractivity contribution in [3.63, 3.8) is 0 Å². The van der Waals surface area contributed by atoms with Gasteiger partial charge in [0.2, 0.25) is 11.8 Å². The zero-order valence-electron chi connectivity index (χ0n) is 14.3. The van der Waals surface area contributed by atoms with Crippen LogP contribution in [-0.4, -0.2) is 18.4 Å². The fourth-order valence-electron chi connectivity index (χ4n) is 2.62. The van der Waals surface area contributed by atoms with Crippen LogP contribution >= 0.6 is 0 Å². The van der Waals surface area contributed by atoms with Gasteiger partial charge in [-0.2, -0.15) is 0 Å². The first-order valence-corrected chi connectivity index (χ1v) is 7.84. The Morgan fingerprint density at radius 2 is 1.54 bits per heavy atom. The van der Waals surface area contributed by atoms with Gasteiger partial charge in [0.05, 0.1) is 13.0 Å². The van der Waals surface area contributed by atoms with Crippen molar-refractivity contribution in [2.75, 3.05) is 17.6 Å². The van der Waals surface area contributed by atoms with Crippen molar-refractivity contribution in [3.8, 4) is 0 Å². The molecule has 5 heteroatoms. The van der Waals surface area contributed by atoms with E-state index in [4.69, 9.17) is 5.73 Å². The van der Waals surface area contributed by atoms with Crippen molar-refractivity contribution in [2.45, 2.75) is 27.2 Å². The van der Waals surface area contributed by atoms with Crippen LogP contribution in [0.2, 0.25) is 0 Å². The normalized spacial score (nSPS) is 10.3. The van der Waals surface area contributed by atoms with Gasteiger partial charge in [-0.3, -0.25) is 9.59 Å². The SMILES string of the molecule is Cc1cc(C)c(NC(=O)CNC(=O)Cc2ccc(N)cc2)c(C)c1. The summed E-state index contributed by atoms with van der Waals surface area (Å²) in [7, 11) is 0. The largest absolute Gasteiger partial charge is 0.399 e. The maximum atomic E-state index is 12.1. The highest BCUT2D eigenvalue weighted by molar-refractivity contribution is 5.96. The van der Waals surface area contributed by atoms with Crippen LogP contribution in [0.15, 0.2) is 36.4 Å². The lowest BCUT2D eigenvalue weighted by molar-refractivity contribution is -0.123. The fourth-order valence-corrected chi connectivity index (χ4v) is 2.62. The molecule has 0 atom stereocenters. The van der Waals surface area contributed by atoms with Gasteiger partial charge in [-0.1, -0.05) is 29.8 Å². The minimum atomic E-state index is -0.240. The van der Waals surface area contributed by atoms with Crippen LogP contribution in [0, 0.1) is 20.8 Å². The Morgan fingerprint density at radius 3 is 2.12 bits per heavy atom. The molecule has 0 aliphatic carbocycles. The predicted molar refractivity (Wildman–Crippen MR) is 96.9 cm³/mol. The van der Waals surface area contributed by atoms with Crippen molar-refractivity contribution in [1.29, 1.82) is 0 Å². The van der Waals surface area contributed by atoms with Gasteiger partial charge in [0, 0.05) is 11.4 Å². The van der Waals surface area contributed by atoms with E-state index >= 15 is 0 Å². The number of hydrogen-bond acceptors (Lipinski definition) is 3. The van der Waals surface area contributed by atoms with Gasteiger partial charge < -0.3 is 16.4 Å². The van der Waals surface area contributed by atoms with E-state index in [0.717, 1.165) is 27.9 Å². The molecule has 0 heterocycles.